The molecule has 0 heterocycles. The monoisotopic (exact) mass is 1250 g/mol. The predicted molar refractivity (Wildman–Crippen MR) is 393 cm³/mol. The average Bonchev–Trinajstić information content (AvgIpc) is 3.64. The Labute approximate surface area is 558 Å². The standard InChI is InChI=1S/C83H161NO5/c1-3-5-7-9-11-13-15-17-19-21-22-23-24-32-35-38-41-44-47-51-55-59-63-67-71-75-81(86)80(79-85)84-82(87)76-72-68-64-60-56-52-48-45-42-39-36-33-30-28-26-25-27-29-31-34-37-40-43-46-50-54-58-62-66-70-74-78-89-83(88)77-73-69-65-61-57-53-49-20-18-16-14-12-10-8-6-4-2/h20,27,29,49,80-81,85-86H,3-19,21-26,28,30-48,50-79H2,1-2H3,(H,84,87)/b29-27-,49-20-. The van der Waals surface area contributed by atoms with Crippen molar-refractivity contribution in [1.82, 2.24) is 5.32 Å². The summed E-state index contributed by atoms with van der Waals surface area (Å²) in [6, 6.07) is -0.541. The Hall–Kier alpha value is -1.66. The zero-order valence-corrected chi connectivity index (χ0v) is 60.7. The normalized spacial score (nSPS) is 12.5. The summed E-state index contributed by atoms with van der Waals surface area (Å²) in [6.45, 7) is 5.00. The highest BCUT2D eigenvalue weighted by molar-refractivity contribution is 5.76. The minimum atomic E-state index is -0.665. The van der Waals surface area contributed by atoms with E-state index in [2.05, 4.69) is 43.5 Å². The van der Waals surface area contributed by atoms with Gasteiger partial charge >= 0.3 is 5.97 Å². The maximum Gasteiger partial charge on any atom is 0.305 e. The van der Waals surface area contributed by atoms with Gasteiger partial charge in [-0.3, -0.25) is 9.59 Å². The predicted octanol–water partition coefficient (Wildman–Crippen LogP) is 27.2. The van der Waals surface area contributed by atoms with Crippen LogP contribution < -0.4 is 5.32 Å². The summed E-state index contributed by atoms with van der Waals surface area (Å²) in [5.74, 6) is -0.0154. The Balaban J connectivity index is 3.36. The minimum Gasteiger partial charge on any atom is -0.466 e. The largest absolute Gasteiger partial charge is 0.466 e. The van der Waals surface area contributed by atoms with E-state index < -0.39 is 12.1 Å². The van der Waals surface area contributed by atoms with Crippen molar-refractivity contribution >= 4 is 11.9 Å². The van der Waals surface area contributed by atoms with E-state index in [0.29, 0.717) is 25.9 Å². The molecular formula is C83H161NO5. The van der Waals surface area contributed by atoms with Crippen LogP contribution >= 0.6 is 0 Å². The number of nitrogens with one attached hydrogen (secondary N) is 1. The van der Waals surface area contributed by atoms with Gasteiger partial charge in [0.1, 0.15) is 0 Å². The van der Waals surface area contributed by atoms with Crippen LogP contribution in [0.4, 0.5) is 0 Å². The van der Waals surface area contributed by atoms with E-state index in [1.807, 2.05) is 0 Å². The van der Waals surface area contributed by atoms with Gasteiger partial charge in [0.15, 0.2) is 0 Å². The molecule has 2 unspecified atom stereocenters. The summed E-state index contributed by atoms with van der Waals surface area (Å²) in [5.41, 5.74) is 0. The molecule has 1 amide bonds. The van der Waals surface area contributed by atoms with Crippen LogP contribution in [0.2, 0.25) is 0 Å². The molecule has 3 N–H and O–H groups in total. The van der Waals surface area contributed by atoms with Gasteiger partial charge in [-0.25, -0.2) is 0 Å². The van der Waals surface area contributed by atoms with Gasteiger partial charge in [-0.15, -0.1) is 0 Å². The number of hydrogen-bond donors (Lipinski definition) is 3. The van der Waals surface area contributed by atoms with E-state index in [-0.39, 0.29) is 18.5 Å². The molecule has 0 rings (SSSR count). The van der Waals surface area contributed by atoms with Crippen LogP contribution in [0.3, 0.4) is 0 Å². The van der Waals surface area contributed by atoms with Gasteiger partial charge in [0.05, 0.1) is 25.4 Å². The van der Waals surface area contributed by atoms with Gasteiger partial charge < -0.3 is 20.3 Å². The Morgan fingerprint density at radius 3 is 0.798 bits per heavy atom. The molecule has 0 bridgehead atoms. The first-order chi connectivity index (χ1) is 44.0. The number of hydrogen-bond acceptors (Lipinski definition) is 5. The number of rotatable bonds is 78. The van der Waals surface area contributed by atoms with Crippen molar-refractivity contribution in [2.75, 3.05) is 13.2 Å². The first-order valence-electron chi connectivity index (χ1n) is 41.1. The fraction of sp³-hybridized carbons (Fsp3) is 0.928. The van der Waals surface area contributed by atoms with Gasteiger partial charge in [-0.2, -0.15) is 0 Å². The lowest BCUT2D eigenvalue weighted by molar-refractivity contribution is -0.143. The van der Waals surface area contributed by atoms with Crippen molar-refractivity contribution in [3.8, 4) is 0 Å². The van der Waals surface area contributed by atoms with Crippen LogP contribution in [-0.4, -0.2) is 47.4 Å². The molecule has 0 radical (unpaired) electrons. The van der Waals surface area contributed by atoms with Crippen LogP contribution in [0.25, 0.3) is 0 Å². The number of ether oxygens (including phenoxy) is 1. The molecule has 0 aromatic heterocycles. The Kier molecular flexibility index (Phi) is 77.3. The summed E-state index contributed by atoms with van der Waals surface area (Å²) in [7, 11) is 0. The van der Waals surface area contributed by atoms with Crippen LogP contribution in [0, 0.1) is 0 Å². The van der Waals surface area contributed by atoms with Gasteiger partial charge in [0, 0.05) is 12.8 Å². The fourth-order valence-corrected chi connectivity index (χ4v) is 13.2. The van der Waals surface area contributed by atoms with Crippen LogP contribution in [0.5, 0.6) is 0 Å². The Morgan fingerprint density at radius 1 is 0.303 bits per heavy atom. The fourth-order valence-electron chi connectivity index (χ4n) is 13.2. The number of aliphatic hydroxyl groups is 2. The van der Waals surface area contributed by atoms with E-state index in [4.69, 9.17) is 4.74 Å². The number of aliphatic hydroxyl groups excluding tert-OH is 2. The van der Waals surface area contributed by atoms with E-state index in [9.17, 15) is 19.8 Å². The molecule has 0 aliphatic rings. The third-order valence-electron chi connectivity index (χ3n) is 19.5. The molecule has 0 aliphatic carbocycles. The van der Waals surface area contributed by atoms with Crippen molar-refractivity contribution in [2.45, 2.75) is 482 Å². The summed E-state index contributed by atoms with van der Waals surface area (Å²) in [4.78, 5) is 24.7. The summed E-state index contributed by atoms with van der Waals surface area (Å²) < 4.78 is 5.50. The average molecular weight is 1250 g/mol. The molecule has 6 nitrogen and oxygen atoms in total. The number of carbonyl (C=O) groups is 2. The zero-order chi connectivity index (χ0) is 64.2. The third kappa shape index (κ3) is 75.3. The van der Waals surface area contributed by atoms with Crippen molar-refractivity contribution in [3.05, 3.63) is 24.3 Å². The number of carbonyl (C=O) groups excluding carboxylic acids is 2. The van der Waals surface area contributed by atoms with E-state index in [1.54, 1.807) is 0 Å². The van der Waals surface area contributed by atoms with Crippen molar-refractivity contribution < 1.29 is 24.5 Å². The SMILES string of the molecule is CCCCCCCCC/C=C\CCCCCCCC(=O)OCCCCCCCCCCCCCC/C=C\CCCCCCCCCCCCCCCCCC(=O)NC(CO)C(O)CCCCCCCCCCCCCCCCCCCCCCCCCCC. The number of amides is 1. The second kappa shape index (κ2) is 78.8. The molecule has 0 saturated carbocycles. The first kappa shape index (κ1) is 87.3. The quantitative estimate of drug-likeness (QED) is 0.0320. The Morgan fingerprint density at radius 2 is 0.528 bits per heavy atom. The highest BCUT2D eigenvalue weighted by atomic mass is 16.5. The molecule has 89 heavy (non-hydrogen) atoms. The summed E-state index contributed by atoms with van der Waals surface area (Å²) >= 11 is 0. The van der Waals surface area contributed by atoms with Crippen molar-refractivity contribution in [3.63, 3.8) is 0 Å². The molecule has 0 aromatic rings. The van der Waals surface area contributed by atoms with Crippen LogP contribution in [0.15, 0.2) is 24.3 Å². The summed E-state index contributed by atoms with van der Waals surface area (Å²) in [5, 5.41) is 23.5. The van der Waals surface area contributed by atoms with Crippen LogP contribution in [0.1, 0.15) is 470 Å². The Bertz CT molecular complexity index is 1400. The highest BCUT2D eigenvalue weighted by Gasteiger charge is 2.20. The highest BCUT2D eigenvalue weighted by Crippen LogP contribution is 2.20. The lowest BCUT2D eigenvalue weighted by Gasteiger charge is -2.22. The summed E-state index contributed by atoms with van der Waals surface area (Å²) in [6.07, 6.45) is 101. The zero-order valence-electron chi connectivity index (χ0n) is 60.7. The van der Waals surface area contributed by atoms with Crippen molar-refractivity contribution in [1.29, 1.82) is 0 Å². The molecule has 2 atom stereocenters. The maximum atomic E-state index is 12.6. The topological polar surface area (TPSA) is 95.9 Å². The molecule has 0 spiro atoms. The maximum absolute atomic E-state index is 12.6. The molecule has 0 aromatic carbocycles. The van der Waals surface area contributed by atoms with Crippen LogP contribution in [-0.2, 0) is 14.3 Å². The van der Waals surface area contributed by atoms with Gasteiger partial charge in [-0.05, 0) is 77.0 Å². The van der Waals surface area contributed by atoms with E-state index >= 15 is 0 Å². The second-order valence-electron chi connectivity index (χ2n) is 28.5. The molecule has 528 valence electrons. The molecule has 0 fully saturated rings. The number of unbranched alkanes of at least 4 members (excludes halogenated alkanes) is 63. The second-order valence-corrected chi connectivity index (χ2v) is 28.5. The number of esters is 1. The lowest BCUT2D eigenvalue weighted by Crippen LogP contribution is -2.45. The van der Waals surface area contributed by atoms with Gasteiger partial charge in [0.2, 0.25) is 5.91 Å². The van der Waals surface area contributed by atoms with Gasteiger partial charge in [0.25, 0.3) is 0 Å². The smallest absolute Gasteiger partial charge is 0.305 e. The van der Waals surface area contributed by atoms with Crippen molar-refractivity contribution in [2.24, 2.45) is 0 Å². The lowest BCUT2D eigenvalue weighted by atomic mass is 10.0. The van der Waals surface area contributed by atoms with Gasteiger partial charge in [-0.1, -0.05) is 404 Å². The van der Waals surface area contributed by atoms with E-state index in [0.717, 1.165) is 44.9 Å². The first-order valence-corrected chi connectivity index (χ1v) is 41.1. The third-order valence-corrected chi connectivity index (χ3v) is 19.5. The molecule has 0 aliphatic heterocycles. The molecular weight excluding hydrogens is 1090 g/mol. The van der Waals surface area contributed by atoms with E-state index in [1.165, 1.54) is 392 Å². The molecule has 0 saturated heterocycles. The number of allylic oxidation sites excluding steroid dienone is 4. The molecule has 6 heteroatoms. The minimum absolute atomic E-state index is 0.0115.